The fourth-order valence-corrected chi connectivity index (χ4v) is 4.09. The van der Waals surface area contributed by atoms with Crippen molar-refractivity contribution in [3.05, 3.63) is 107 Å². The summed E-state index contributed by atoms with van der Waals surface area (Å²) >= 11 is 0. The van der Waals surface area contributed by atoms with Gasteiger partial charge >= 0.3 is 23.9 Å². The number of aliphatic hydroxyl groups excluding tert-OH is 2. The van der Waals surface area contributed by atoms with Crippen LogP contribution in [0, 0.1) is 0 Å². The van der Waals surface area contributed by atoms with Crippen LogP contribution < -0.4 is 9.47 Å². The van der Waals surface area contributed by atoms with Crippen LogP contribution in [-0.4, -0.2) is 56.1 Å². The Hall–Kier alpha value is -6.30. The molecular weight excluding hydrogens is 572 g/mol. The number of aliphatic imine (C=N–C) groups is 2. The summed E-state index contributed by atoms with van der Waals surface area (Å²) in [5, 5.41) is 41.1. The van der Waals surface area contributed by atoms with Crippen LogP contribution in [0.5, 0.6) is 11.5 Å². The summed E-state index contributed by atoms with van der Waals surface area (Å²) in [7, 11) is 0. The highest BCUT2D eigenvalue weighted by Crippen LogP contribution is 2.28. The third-order valence-electron chi connectivity index (χ3n) is 5.96. The molecule has 0 heterocycles. The van der Waals surface area contributed by atoms with E-state index in [1.54, 1.807) is 12.1 Å². The Morgan fingerprint density at radius 2 is 1.05 bits per heavy atom. The number of rotatable bonds is 9. The van der Waals surface area contributed by atoms with E-state index in [9.17, 15) is 39.6 Å². The van der Waals surface area contributed by atoms with Gasteiger partial charge in [-0.25, -0.2) is 19.6 Å². The van der Waals surface area contributed by atoms with Crippen LogP contribution in [0.1, 0.15) is 45.7 Å². The maximum Gasteiger partial charge on any atom is 0.336 e. The summed E-state index contributed by atoms with van der Waals surface area (Å²) < 4.78 is 10.1. The van der Waals surface area contributed by atoms with Gasteiger partial charge in [0.1, 0.15) is 11.5 Å². The van der Waals surface area contributed by atoms with Gasteiger partial charge in [-0.15, -0.1) is 0 Å². The standard InChI is InChI=1S/C32H24N2O10/c1-17(35)43-23-10-8-21(9-11-23)33-30(38)27-14-19(20-7-13-26(31(39)40)28(15-20)32(41)42)6-12-25(27)29(37)34-22-4-3-5-24(16-22)44-18(2)36/h3-16H,1-2H3,(H,33,38)(H,34,37)(H,39,40)(H,41,42). The predicted molar refractivity (Wildman–Crippen MR) is 159 cm³/mol. The van der Waals surface area contributed by atoms with E-state index in [1.807, 2.05) is 0 Å². The minimum atomic E-state index is -1.44. The largest absolute Gasteiger partial charge is 0.493 e. The van der Waals surface area contributed by atoms with Gasteiger partial charge in [-0.2, -0.15) is 0 Å². The molecule has 0 aliphatic rings. The second kappa shape index (κ2) is 13.1. The highest BCUT2D eigenvalue weighted by atomic mass is 16.5. The fraction of sp³-hybridized carbons (Fsp3) is 0.0625. The number of aromatic carboxylic acids is 2. The molecule has 0 unspecified atom stereocenters. The third-order valence-corrected chi connectivity index (χ3v) is 5.96. The Labute approximate surface area is 249 Å². The number of carboxylic acids is 2. The highest BCUT2D eigenvalue weighted by Gasteiger charge is 2.19. The summed E-state index contributed by atoms with van der Waals surface area (Å²) in [4.78, 5) is 54.2. The molecule has 4 N–H and O–H groups in total. The lowest BCUT2D eigenvalue weighted by Crippen LogP contribution is -2.10. The molecule has 4 aromatic carbocycles. The first-order valence-corrected chi connectivity index (χ1v) is 12.8. The Balaban J connectivity index is 1.83. The molecule has 0 fully saturated rings. The van der Waals surface area contributed by atoms with Crippen LogP contribution in [0.3, 0.4) is 0 Å². The number of nitrogens with zero attached hydrogens (tertiary/aromatic N) is 2. The number of esters is 2. The predicted octanol–water partition coefficient (Wildman–Crippen LogP) is 5.87. The van der Waals surface area contributed by atoms with E-state index < -0.39 is 46.8 Å². The number of carboxylic acid groups (broad SMARTS) is 2. The van der Waals surface area contributed by atoms with Crippen molar-refractivity contribution in [2.45, 2.75) is 13.8 Å². The zero-order valence-corrected chi connectivity index (χ0v) is 23.2. The molecule has 0 bridgehead atoms. The first-order valence-electron chi connectivity index (χ1n) is 12.8. The topological polar surface area (TPSA) is 192 Å². The monoisotopic (exact) mass is 596 g/mol. The summed E-state index contributed by atoms with van der Waals surface area (Å²) in [6.07, 6.45) is 0. The van der Waals surface area contributed by atoms with Crippen molar-refractivity contribution in [2.24, 2.45) is 9.98 Å². The molecule has 0 saturated carbocycles. The van der Waals surface area contributed by atoms with Gasteiger partial charge in [-0.3, -0.25) is 9.59 Å². The molecule has 0 saturated heterocycles. The number of benzene rings is 4. The normalized spacial score (nSPS) is 11.5. The minimum absolute atomic E-state index is 0.0110. The van der Waals surface area contributed by atoms with Crippen LogP contribution in [0.2, 0.25) is 0 Å². The van der Waals surface area contributed by atoms with E-state index in [0.29, 0.717) is 11.1 Å². The van der Waals surface area contributed by atoms with E-state index in [-0.39, 0.29) is 34.0 Å². The second-order valence-electron chi connectivity index (χ2n) is 9.18. The van der Waals surface area contributed by atoms with Gasteiger partial charge in [-0.05, 0) is 71.8 Å². The van der Waals surface area contributed by atoms with Crippen molar-refractivity contribution in [1.82, 2.24) is 0 Å². The van der Waals surface area contributed by atoms with Crippen molar-refractivity contribution in [3.8, 4) is 22.6 Å². The summed E-state index contributed by atoms with van der Waals surface area (Å²) in [5.74, 6) is -4.54. The van der Waals surface area contributed by atoms with Crippen LogP contribution >= 0.6 is 0 Å². The van der Waals surface area contributed by atoms with Crippen molar-refractivity contribution in [1.29, 1.82) is 0 Å². The molecule has 44 heavy (non-hydrogen) atoms. The molecule has 0 spiro atoms. The molecule has 0 aromatic heterocycles. The molecule has 222 valence electrons. The first kappa shape index (κ1) is 30.7. The average molecular weight is 597 g/mol. The Morgan fingerprint density at radius 3 is 1.64 bits per heavy atom. The Bertz CT molecular complexity index is 1840. The lowest BCUT2D eigenvalue weighted by molar-refractivity contribution is -0.132. The van der Waals surface area contributed by atoms with Crippen LogP contribution in [0.15, 0.2) is 94.9 Å². The maximum absolute atomic E-state index is 11.7. The van der Waals surface area contributed by atoms with Gasteiger partial charge in [0.05, 0.1) is 22.5 Å². The van der Waals surface area contributed by atoms with E-state index in [4.69, 9.17) is 9.47 Å². The molecule has 4 rings (SSSR count). The van der Waals surface area contributed by atoms with Crippen molar-refractivity contribution < 1.29 is 49.1 Å². The number of ether oxygens (including phenoxy) is 2. The van der Waals surface area contributed by atoms with Gasteiger partial charge < -0.3 is 29.9 Å². The smallest absolute Gasteiger partial charge is 0.336 e. The molecule has 0 aliphatic carbocycles. The van der Waals surface area contributed by atoms with Crippen LogP contribution in [0.4, 0.5) is 11.4 Å². The highest BCUT2D eigenvalue weighted by molar-refractivity contribution is 6.08. The third kappa shape index (κ3) is 7.50. The fourth-order valence-electron chi connectivity index (χ4n) is 4.09. The number of aliphatic hydroxyl groups is 2. The summed E-state index contributed by atoms with van der Waals surface area (Å²) in [6.45, 7) is 2.49. The van der Waals surface area contributed by atoms with Gasteiger partial charge in [0.2, 0.25) is 11.8 Å². The zero-order chi connectivity index (χ0) is 32.0. The quantitative estimate of drug-likeness (QED) is 0.0785. The lowest BCUT2D eigenvalue weighted by Gasteiger charge is -2.12. The van der Waals surface area contributed by atoms with Gasteiger partial charge in [-0.1, -0.05) is 18.2 Å². The van der Waals surface area contributed by atoms with Crippen molar-refractivity contribution in [2.75, 3.05) is 0 Å². The zero-order valence-electron chi connectivity index (χ0n) is 23.2. The summed E-state index contributed by atoms with van der Waals surface area (Å²) in [5.41, 5.74) is 0.338. The minimum Gasteiger partial charge on any atom is -0.493 e. The Morgan fingerprint density at radius 1 is 0.523 bits per heavy atom. The van der Waals surface area contributed by atoms with E-state index in [2.05, 4.69) is 9.98 Å². The summed E-state index contributed by atoms with van der Waals surface area (Å²) in [6, 6.07) is 20.1. The number of hydrogen-bond donors (Lipinski definition) is 4. The molecule has 0 amide bonds. The number of hydrogen-bond acceptors (Lipinski definition) is 8. The Kier molecular flexibility index (Phi) is 9.14. The average Bonchev–Trinajstić information content (AvgIpc) is 2.97. The van der Waals surface area contributed by atoms with E-state index in [0.717, 1.165) is 6.07 Å². The van der Waals surface area contributed by atoms with Crippen molar-refractivity contribution in [3.63, 3.8) is 0 Å². The molecule has 12 heteroatoms. The second-order valence-corrected chi connectivity index (χ2v) is 9.18. The molecule has 12 nitrogen and oxygen atoms in total. The van der Waals surface area contributed by atoms with Gasteiger partial charge in [0.25, 0.3) is 0 Å². The molecule has 0 radical (unpaired) electrons. The van der Waals surface area contributed by atoms with Gasteiger partial charge in [0.15, 0.2) is 0 Å². The van der Waals surface area contributed by atoms with E-state index in [1.165, 1.54) is 80.6 Å². The maximum atomic E-state index is 11.7. The SMILES string of the molecule is CC(=O)Oc1ccc(N=C(O)c2cc(-c3ccc(C(=O)O)c(C(=O)O)c3)ccc2C(O)=Nc2cccc(OC(C)=O)c2)cc1. The first-order chi connectivity index (χ1) is 20.9. The van der Waals surface area contributed by atoms with Crippen LogP contribution in [0.25, 0.3) is 11.1 Å². The molecule has 0 atom stereocenters. The van der Waals surface area contributed by atoms with Gasteiger partial charge in [0, 0.05) is 31.0 Å². The molecule has 4 aromatic rings. The van der Waals surface area contributed by atoms with Crippen LogP contribution in [-0.2, 0) is 9.59 Å². The number of carbonyl (C=O) groups excluding carboxylic acids is 2. The van der Waals surface area contributed by atoms with E-state index >= 15 is 0 Å². The number of carbonyl (C=O) groups is 4. The molecule has 0 aliphatic heterocycles. The lowest BCUT2D eigenvalue weighted by atomic mass is 9.95. The van der Waals surface area contributed by atoms with Crippen molar-refractivity contribution >= 4 is 47.0 Å². The molecular formula is C32H24N2O10.